The smallest absolute Gasteiger partial charge is 0.200 e. The van der Waals surface area contributed by atoms with Gasteiger partial charge in [-0.15, -0.1) is 0 Å². The van der Waals surface area contributed by atoms with Crippen molar-refractivity contribution in [3.8, 4) is 11.6 Å². The Morgan fingerprint density at radius 3 is 2.43 bits per heavy atom. The molecular formula is C30H33N5O2. The van der Waals surface area contributed by atoms with Crippen LogP contribution in [0.5, 0.6) is 11.6 Å². The molecule has 3 aromatic carbocycles. The number of piperidine rings is 1. The first-order chi connectivity index (χ1) is 17.7. The van der Waals surface area contributed by atoms with Gasteiger partial charge in [0.25, 0.3) is 0 Å². The molecule has 1 fully saturated rings. The van der Waals surface area contributed by atoms with Crippen LogP contribution in [0.1, 0.15) is 43.4 Å². The minimum absolute atomic E-state index is 0.0425. The van der Waals surface area contributed by atoms with Crippen LogP contribution in [0.15, 0.2) is 61.2 Å². The fourth-order valence-corrected chi connectivity index (χ4v) is 5.22. The van der Waals surface area contributed by atoms with E-state index in [0.717, 1.165) is 70.1 Å². The van der Waals surface area contributed by atoms with Crippen LogP contribution in [-0.2, 0) is 6.54 Å². The number of nitrogens with zero attached hydrogens (tertiary/aromatic N) is 2. The molecular weight excluding hydrogens is 462 g/mol. The van der Waals surface area contributed by atoms with E-state index in [0.29, 0.717) is 17.9 Å². The number of aromatic nitrogens is 1. The second kappa shape index (κ2) is 9.65. The molecule has 5 rings (SSSR count). The van der Waals surface area contributed by atoms with E-state index in [4.69, 9.17) is 21.3 Å². The molecule has 4 aromatic rings. The van der Waals surface area contributed by atoms with Gasteiger partial charge in [-0.2, -0.15) is 0 Å². The first-order valence-electron chi connectivity index (χ1n) is 12.6. The molecule has 0 radical (unpaired) electrons. The molecule has 2 heterocycles. The molecule has 37 heavy (non-hydrogen) atoms. The van der Waals surface area contributed by atoms with Crippen molar-refractivity contribution in [3.63, 3.8) is 0 Å². The molecule has 5 N–H and O–H groups in total. The molecule has 0 atom stereocenters. The van der Waals surface area contributed by atoms with E-state index >= 15 is 0 Å². The summed E-state index contributed by atoms with van der Waals surface area (Å²) in [6.45, 7) is 9.99. The van der Waals surface area contributed by atoms with Gasteiger partial charge >= 0.3 is 0 Å². The Hall–Kier alpha value is -4.26. The van der Waals surface area contributed by atoms with Crippen molar-refractivity contribution in [2.75, 3.05) is 13.1 Å². The second-order valence-corrected chi connectivity index (χ2v) is 9.94. The Bertz CT molecular complexity index is 1540. The molecule has 190 valence electrons. The van der Waals surface area contributed by atoms with Crippen molar-refractivity contribution < 1.29 is 9.84 Å². The van der Waals surface area contributed by atoms with Gasteiger partial charge in [-0.05, 0) is 66.1 Å². The number of aromatic hydroxyl groups is 1. The summed E-state index contributed by atoms with van der Waals surface area (Å²) in [5, 5.41) is 29.8. The minimum Gasteiger partial charge on any atom is -0.494 e. The maximum atomic E-state index is 11.3. The third kappa shape index (κ3) is 4.77. The lowest BCUT2D eigenvalue weighted by atomic mass is 10.0. The normalized spacial score (nSPS) is 14.3. The number of rotatable bonds is 6. The lowest BCUT2D eigenvalue weighted by Gasteiger charge is -2.32. The predicted octanol–water partition coefficient (Wildman–Crippen LogP) is 5.71. The highest BCUT2D eigenvalue weighted by atomic mass is 16.5. The molecule has 7 heteroatoms. The number of hydrogen-bond donors (Lipinski definition) is 4. The number of likely N-dealkylation sites (tertiary alicyclic amines) is 1. The van der Waals surface area contributed by atoms with Crippen LogP contribution in [0, 0.1) is 10.8 Å². The molecule has 0 saturated carbocycles. The Balaban J connectivity index is 1.46. The number of hydrogen-bond acceptors (Lipinski definition) is 4. The quantitative estimate of drug-likeness (QED) is 0.203. The van der Waals surface area contributed by atoms with Gasteiger partial charge in [0.15, 0.2) is 5.88 Å². The summed E-state index contributed by atoms with van der Waals surface area (Å²) in [7, 11) is 0. The SMILES string of the molecule is C=C(C)c1c(O)n(Cc2ccc3ccc(C(=N)N)cc3c2)c2ccc(OC3CCN(C(C)=N)CC3)cc12. The Morgan fingerprint density at radius 2 is 1.76 bits per heavy atom. The Labute approximate surface area is 216 Å². The van der Waals surface area contributed by atoms with Crippen LogP contribution >= 0.6 is 0 Å². The van der Waals surface area contributed by atoms with E-state index in [-0.39, 0.29) is 17.8 Å². The van der Waals surface area contributed by atoms with Gasteiger partial charge in [-0.1, -0.05) is 30.8 Å². The molecule has 0 aliphatic carbocycles. The summed E-state index contributed by atoms with van der Waals surface area (Å²) < 4.78 is 8.23. The van der Waals surface area contributed by atoms with E-state index < -0.39 is 0 Å². The van der Waals surface area contributed by atoms with Crippen LogP contribution in [-0.4, -0.2) is 45.4 Å². The average molecular weight is 496 g/mol. The number of nitrogens with two attached hydrogens (primary N) is 1. The maximum Gasteiger partial charge on any atom is 0.200 e. The van der Waals surface area contributed by atoms with Crippen molar-refractivity contribution in [1.82, 2.24) is 9.47 Å². The predicted molar refractivity (Wildman–Crippen MR) is 151 cm³/mol. The molecule has 1 saturated heterocycles. The number of allylic oxidation sites excluding steroid dienone is 1. The second-order valence-electron chi connectivity index (χ2n) is 9.94. The third-order valence-corrected chi connectivity index (χ3v) is 7.21. The molecule has 1 aliphatic rings. The lowest BCUT2D eigenvalue weighted by Crippen LogP contribution is -2.40. The number of nitrogen functional groups attached to an aromatic ring is 1. The molecule has 0 unspecified atom stereocenters. The zero-order valence-corrected chi connectivity index (χ0v) is 21.3. The number of amidine groups is 2. The average Bonchev–Trinajstić information content (AvgIpc) is 3.14. The van der Waals surface area contributed by atoms with E-state index in [2.05, 4.69) is 23.6 Å². The van der Waals surface area contributed by atoms with Gasteiger partial charge in [0, 0.05) is 42.4 Å². The lowest BCUT2D eigenvalue weighted by molar-refractivity contribution is 0.130. The first-order valence-corrected chi connectivity index (χ1v) is 12.6. The zero-order chi connectivity index (χ0) is 26.3. The van der Waals surface area contributed by atoms with Crippen LogP contribution < -0.4 is 10.5 Å². The molecule has 1 aromatic heterocycles. The molecule has 1 aliphatic heterocycles. The van der Waals surface area contributed by atoms with Gasteiger partial charge in [0.05, 0.1) is 17.9 Å². The summed E-state index contributed by atoms with van der Waals surface area (Å²) in [4.78, 5) is 2.08. The molecule has 0 bridgehead atoms. The maximum absolute atomic E-state index is 11.3. The molecule has 0 amide bonds. The molecule has 0 spiro atoms. The summed E-state index contributed by atoms with van der Waals surface area (Å²) in [6, 6.07) is 17.9. The van der Waals surface area contributed by atoms with Crippen LogP contribution in [0.2, 0.25) is 0 Å². The van der Waals surface area contributed by atoms with Crippen molar-refractivity contribution >= 4 is 38.9 Å². The van der Waals surface area contributed by atoms with Crippen molar-refractivity contribution in [2.45, 2.75) is 39.3 Å². The van der Waals surface area contributed by atoms with Gasteiger partial charge in [0.2, 0.25) is 0 Å². The molecule has 7 nitrogen and oxygen atoms in total. The number of ether oxygens (including phenoxy) is 1. The fraction of sp³-hybridized carbons (Fsp3) is 0.267. The summed E-state index contributed by atoms with van der Waals surface area (Å²) in [6.07, 6.45) is 1.86. The topological polar surface area (TPSA) is 111 Å². The van der Waals surface area contributed by atoms with E-state index in [1.165, 1.54) is 0 Å². The standard InChI is InChI=1S/C30H33N5O2/c1-18(2)28-26-16-25(37-24-10-12-34(13-11-24)19(3)31)8-9-27(26)35(30(28)36)17-20-4-5-21-6-7-22(29(32)33)15-23(21)14-20/h4-9,14-16,24,31,36H,1,10-13,17H2,2-3H3,(H3,32,33). The van der Waals surface area contributed by atoms with Crippen LogP contribution in [0.4, 0.5) is 0 Å². The fourth-order valence-electron chi connectivity index (χ4n) is 5.22. The van der Waals surface area contributed by atoms with Gasteiger partial charge < -0.3 is 25.0 Å². The monoisotopic (exact) mass is 495 g/mol. The summed E-state index contributed by atoms with van der Waals surface area (Å²) in [5.74, 6) is 1.61. The van der Waals surface area contributed by atoms with Crippen LogP contribution in [0.25, 0.3) is 27.2 Å². The third-order valence-electron chi connectivity index (χ3n) is 7.21. The zero-order valence-electron chi connectivity index (χ0n) is 21.3. The summed E-state index contributed by atoms with van der Waals surface area (Å²) >= 11 is 0. The highest BCUT2D eigenvalue weighted by Gasteiger charge is 2.22. The van der Waals surface area contributed by atoms with E-state index in [1.54, 1.807) is 0 Å². The highest BCUT2D eigenvalue weighted by molar-refractivity contribution is 5.99. The largest absolute Gasteiger partial charge is 0.494 e. The van der Waals surface area contributed by atoms with Gasteiger partial charge in [-0.25, -0.2) is 0 Å². The number of nitrogens with one attached hydrogen (secondary N) is 2. The Morgan fingerprint density at radius 1 is 1.03 bits per heavy atom. The van der Waals surface area contributed by atoms with E-state index in [9.17, 15) is 5.11 Å². The van der Waals surface area contributed by atoms with Crippen LogP contribution in [0.3, 0.4) is 0 Å². The van der Waals surface area contributed by atoms with Crippen molar-refractivity contribution in [1.29, 1.82) is 10.8 Å². The summed E-state index contributed by atoms with van der Waals surface area (Å²) in [5.41, 5.74) is 9.84. The Kier molecular flexibility index (Phi) is 6.38. The van der Waals surface area contributed by atoms with Gasteiger partial charge in [0.1, 0.15) is 17.7 Å². The highest BCUT2D eigenvalue weighted by Crippen LogP contribution is 2.38. The van der Waals surface area contributed by atoms with Gasteiger partial charge in [-0.3, -0.25) is 10.8 Å². The minimum atomic E-state index is 0.0425. The van der Waals surface area contributed by atoms with E-state index in [1.807, 2.05) is 60.9 Å². The number of benzene rings is 3. The number of fused-ring (bicyclic) bond motifs is 2. The van der Waals surface area contributed by atoms with Crippen molar-refractivity contribution in [2.24, 2.45) is 5.73 Å². The first kappa shape index (κ1) is 24.4. The van der Waals surface area contributed by atoms with Crippen molar-refractivity contribution in [3.05, 3.63) is 77.9 Å².